The number of hydrogen-bond donors (Lipinski definition) is 1. The molecule has 0 spiro atoms. The van der Waals surface area contributed by atoms with Gasteiger partial charge in [-0.25, -0.2) is 0 Å². The first-order valence-corrected chi connectivity index (χ1v) is 6.14. The summed E-state index contributed by atoms with van der Waals surface area (Å²) in [5.41, 5.74) is 0. The van der Waals surface area contributed by atoms with E-state index in [1.807, 2.05) is 0 Å². The van der Waals surface area contributed by atoms with Crippen LogP contribution in [0.1, 0.15) is 38.5 Å². The Kier molecular flexibility index (Phi) is 3.93. The molecule has 2 fully saturated rings. The van der Waals surface area contributed by atoms with Crippen LogP contribution in [-0.4, -0.2) is 30.9 Å². The third kappa shape index (κ3) is 3.93. The molecule has 0 unspecified atom stereocenters. The van der Waals surface area contributed by atoms with Gasteiger partial charge in [-0.2, -0.15) is 0 Å². The van der Waals surface area contributed by atoms with Crippen molar-refractivity contribution >= 4 is 11.7 Å². The van der Waals surface area contributed by atoms with Crippen molar-refractivity contribution in [3.05, 3.63) is 0 Å². The summed E-state index contributed by atoms with van der Waals surface area (Å²) < 4.78 is 5.48. The molecule has 16 heavy (non-hydrogen) atoms. The second kappa shape index (κ2) is 5.43. The minimum Gasteiger partial charge on any atom is -0.368 e. The molecule has 0 atom stereocenters. The normalized spacial score (nSPS) is 22.1. The molecule has 0 radical (unpaired) electrons. The average molecular weight is 225 g/mol. The molecular formula is C12H19NO3. The quantitative estimate of drug-likeness (QED) is 0.760. The van der Waals surface area contributed by atoms with Gasteiger partial charge in [0.05, 0.1) is 6.10 Å². The third-order valence-corrected chi connectivity index (χ3v) is 3.23. The molecule has 2 rings (SSSR count). The highest BCUT2D eigenvalue weighted by Gasteiger charge is 2.22. The molecule has 0 aromatic heterocycles. The monoisotopic (exact) mass is 225 g/mol. The van der Waals surface area contributed by atoms with Crippen molar-refractivity contribution in [2.75, 3.05) is 13.2 Å². The summed E-state index contributed by atoms with van der Waals surface area (Å²) in [4.78, 5) is 22.4. The summed E-state index contributed by atoms with van der Waals surface area (Å²) in [6.07, 6.45) is 5.34. The number of ketones is 1. The molecule has 4 heteroatoms. The maximum Gasteiger partial charge on any atom is 0.246 e. The molecule has 2 saturated carbocycles. The van der Waals surface area contributed by atoms with Crippen molar-refractivity contribution in [2.45, 2.75) is 44.6 Å². The van der Waals surface area contributed by atoms with Gasteiger partial charge in [0.15, 0.2) is 0 Å². The van der Waals surface area contributed by atoms with Gasteiger partial charge < -0.3 is 10.1 Å². The lowest BCUT2D eigenvalue weighted by Gasteiger charge is -2.20. The first kappa shape index (κ1) is 11.6. The van der Waals surface area contributed by atoms with Crippen molar-refractivity contribution in [1.29, 1.82) is 0 Å². The number of nitrogens with one attached hydrogen (secondary N) is 1. The van der Waals surface area contributed by atoms with E-state index in [9.17, 15) is 9.59 Å². The average Bonchev–Trinajstić information content (AvgIpc) is 3.09. The first-order chi connectivity index (χ1) is 7.74. The zero-order chi connectivity index (χ0) is 11.4. The molecule has 0 bridgehead atoms. The molecule has 0 aromatic carbocycles. The summed E-state index contributed by atoms with van der Waals surface area (Å²) in [6, 6.07) is 0. The van der Waals surface area contributed by atoms with Crippen molar-refractivity contribution in [3.63, 3.8) is 0 Å². The second-order valence-corrected chi connectivity index (χ2v) is 4.80. The SMILES string of the molecule is O=C1CCC(OCC(=O)NCC2CC2)CC1. The Morgan fingerprint density at radius 1 is 1.25 bits per heavy atom. The lowest BCUT2D eigenvalue weighted by atomic mass is 9.96. The van der Waals surface area contributed by atoms with Crippen LogP contribution in [0.15, 0.2) is 0 Å². The van der Waals surface area contributed by atoms with E-state index in [0.717, 1.165) is 19.4 Å². The second-order valence-electron chi connectivity index (χ2n) is 4.80. The molecule has 2 aliphatic carbocycles. The van der Waals surface area contributed by atoms with Gasteiger partial charge in [0.2, 0.25) is 5.91 Å². The van der Waals surface area contributed by atoms with E-state index in [1.165, 1.54) is 12.8 Å². The highest BCUT2D eigenvalue weighted by atomic mass is 16.5. The maximum atomic E-state index is 11.4. The van der Waals surface area contributed by atoms with Gasteiger partial charge in [-0.05, 0) is 31.6 Å². The van der Waals surface area contributed by atoms with Gasteiger partial charge in [0.25, 0.3) is 0 Å². The van der Waals surface area contributed by atoms with Gasteiger partial charge in [0, 0.05) is 19.4 Å². The van der Waals surface area contributed by atoms with Crippen molar-refractivity contribution < 1.29 is 14.3 Å². The number of ether oxygens (including phenoxy) is 1. The van der Waals surface area contributed by atoms with Gasteiger partial charge >= 0.3 is 0 Å². The largest absolute Gasteiger partial charge is 0.368 e. The number of rotatable bonds is 5. The summed E-state index contributed by atoms with van der Waals surface area (Å²) >= 11 is 0. The summed E-state index contributed by atoms with van der Waals surface area (Å²) in [6.45, 7) is 0.941. The minimum atomic E-state index is -0.0243. The predicted octanol–water partition coefficient (Wildman–Crippen LogP) is 1.04. The zero-order valence-electron chi connectivity index (χ0n) is 9.54. The molecular weight excluding hydrogens is 206 g/mol. The van der Waals surface area contributed by atoms with Crippen LogP contribution >= 0.6 is 0 Å². The van der Waals surface area contributed by atoms with E-state index < -0.39 is 0 Å². The molecule has 0 aliphatic heterocycles. The van der Waals surface area contributed by atoms with E-state index in [4.69, 9.17) is 4.74 Å². The topological polar surface area (TPSA) is 55.4 Å². The number of carbonyl (C=O) groups is 2. The van der Waals surface area contributed by atoms with Crippen molar-refractivity contribution in [1.82, 2.24) is 5.32 Å². The molecule has 1 N–H and O–H groups in total. The summed E-state index contributed by atoms with van der Waals surface area (Å²) in [5, 5.41) is 2.86. The maximum absolute atomic E-state index is 11.4. The standard InChI is InChI=1S/C12H19NO3/c14-10-3-5-11(6-4-10)16-8-12(15)13-7-9-1-2-9/h9,11H,1-8H2,(H,13,15). The number of Topliss-reactive ketones (excluding diaryl/α,β-unsaturated/α-hetero) is 1. The Bertz CT molecular complexity index is 263. The van der Waals surface area contributed by atoms with Crippen LogP contribution in [0.4, 0.5) is 0 Å². The van der Waals surface area contributed by atoms with Crippen LogP contribution in [0.3, 0.4) is 0 Å². The van der Waals surface area contributed by atoms with E-state index in [0.29, 0.717) is 24.5 Å². The van der Waals surface area contributed by atoms with E-state index >= 15 is 0 Å². The minimum absolute atomic E-state index is 0.0243. The molecule has 1 amide bonds. The van der Waals surface area contributed by atoms with Crippen molar-refractivity contribution in [2.24, 2.45) is 5.92 Å². The van der Waals surface area contributed by atoms with E-state index in [1.54, 1.807) is 0 Å². The van der Waals surface area contributed by atoms with Crippen LogP contribution in [0.5, 0.6) is 0 Å². The first-order valence-electron chi connectivity index (χ1n) is 6.14. The van der Waals surface area contributed by atoms with Gasteiger partial charge in [-0.1, -0.05) is 0 Å². The molecule has 2 aliphatic rings. The summed E-state index contributed by atoms with van der Waals surface area (Å²) in [7, 11) is 0. The smallest absolute Gasteiger partial charge is 0.246 e. The zero-order valence-corrected chi connectivity index (χ0v) is 9.54. The van der Waals surface area contributed by atoms with Gasteiger partial charge in [-0.15, -0.1) is 0 Å². The highest BCUT2D eigenvalue weighted by molar-refractivity contribution is 5.79. The third-order valence-electron chi connectivity index (χ3n) is 3.23. The molecule has 0 heterocycles. The Morgan fingerprint density at radius 2 is 1.94 bits per heavy atom. The van der Waals surface area contributed by atoms with E-state index in [2.05, 4.69) is 5.32 Å². The molecule has 0 aromatic rings. The van der Waals surface area contributed by atoms with Crippen molar-refractivity contribution in [3.8, 4) is 0 Å². The Hall–Kier alpha value is -0.900. The number of amides is 1. The van der Waals surface area contributed by atoms with Gasteiger partial charge in [-0.3, -0.25) is 9.59 Å². The van der Waals surface area contributed by atoms with E-state index in [-0.39, 0.29) is 18.6 Å². The fourth-order valence-corrected chi connectivity index (χ4v) is 1.90. The molecule has 90 valence electrons. The fraction of sp³-hybridized carbons (Fsp3) is 0.833. The van der Waals surface area contributed by atoms with Crippen LogP contribution < -0.4 is 5.32 Å². The van der Waals surface area contributed by atoms with Crippen LogP contribution in [0, 0.1) is 5.92 Å². The number of hydrogen-bond acceptors (Lipinski definition) is 3. The predicted molar refractivity (Wildman–Crippen MR) is 58.9 cm³/mol. The fourth-order valence-electron chi connectivity index (χ4n) is 1.90. The highest BCUT2D eigenvalue weighted by Crippen LogP contribution is 2.27. The van der Waals surface area contributed by atoms with Crippen LogP contribution in [0.2, 0.25) is 0 Å². The molecule has 4 nitrogen and oxygen atoms in total. The summed E-state index contributed by atoms with van der Waals surface area (Å²) in [5.74, 6) is 0.998. The van der Waals surface area contributed by atoms with Crippen LogP contribution in [-0.2, 0) is 14.3 Å². The molecule has 0 saturated heterocycles. The van der Waals surface area contributed by atoms with Gasteiger partial charge in [0.1, 0.15) is 12.4 Å². The lowest BCUT2D eigenvalue weighted by molar-refractivity contribution is -0.130. The Balaban J connectivity index is 1.55. The Morgan fingerprint density at radius 3 is 2.56 bits per heavy atom. The number of carbonyl (C=O) groups excluding carboxylic acids is 2. The Labute approximate surface area is 95.7 Å². The lowest BCUT2D eigenvalue weighted by Crippen LogP contribution is -2.32. The van der Waals surface area contributed by atoms with Crippen LogP contribution in [0.25, 0.3) is 0 Å².